The van der Waals surface area contributed by atoms with Crippen LogP contribution < -0.4 is 15.0 Å². The summed E-state index contributed by atoms with van der Waals surface area (Å²) in [6.45, 7) is 1.61. The van der Waals surface area contributed by atoms with Gasteiger partial charge in [-0.05, 0) is 36.8 Å². The lowest BCUT2D eigenvalue weighted by Crippen LogP contribution is -2.81. The summed E-state index contributed by atoms with van der Waals surface area (Å²) in [6, 6.07) is 29.7. The summed E-state index contributed by atoms with van der Waals surface area (Å²) in [7, 11) is 1.53. The Morgan fingerprint density at radius 3 is 1.96 bits per heavy atom. The summed E-state index contributed by atoms with van der Waals surface area (Å²) in [5, 5.41) is 3.01. The van der Waals surface area contributed by atoms with Crippen molar-refractivity contribution in [3.63, 3.8) is 0 Å². The third kappa shape index (κ3) is 5.16. The van der Waals surface area contributed by atoms with Gasteiger partial charge in [-0.3, -0.25) is 19.8 Å². The number of ether oxygens (including phenoxy) is 3. The van der Waals surface area contributed by atoms with Crippen LogP contribution in [0.4, 0.5) is 10.5 Å². The number of amides is 3. The van der Waals surface area contributed by atoms with Crippen LogP contribution in [0, 0.1) is 0 Å². The quantitative estimate of drug-likeness (QED) is 0.158. The first-order chi connectivity index (χ1) is 22.4. The lowest BCUT2D eigenvalue weighted by atomic mass is 9.86. The largest absolute Gasteiger partial charge is 0.520 e. The minimum Gasteiger partial charge on any atom is -0.497 e. The molecule has 0 saturated carbocycles. The number of benzene rings is 4. The molecular weight excluding hydrogens is 586 g/mol. The van der Waals surface area contributed by atoms with Gasteiger partial charge in [0.15, 0.2) is 6.04 Å². The van der Waals surface area contributed by atoms with Crippen LogP contribution in [0.5, 0.6) is 5.75 Å². The van der Waals surface area contributed by atoms with Crippen LogP contribution in [0.15, 0.2) is 115 Å². The molecule has 0 spiro atoms. The van der Waals surface area contributed by atoms with Crippen molar-refractivity contribution in [2.75, 3.05) is 18.6 Å². The van der Waals surface area contributed by atoms with Gasteiger partial charge >= 0.3 is 12.1 Å². The zero-order chi connectivity index (χ0) is 32.3. The molecule has 0 aromatic heterocycles. The van der Waals surface area contributed by atoms with E-state index in [0.717, 1.165) is 5.56 Å². The number of esters is 1. The molecule has 4 aromatic carbocycles. The predicted molar refractivity (Wildman–Crippen MR) is 168 cm³/mol. The van der Waals surface area contributed by atoms with Gasteiger partial charge in [-0.1, -0.05) is 91.0 Å². The maximum absolute atomic E-state index is 14.9. The standard InChI is InChI=1S/C36H33N3O7/c1-3-45-35(42)29-31(34(41)38(29)27-19-21-28(44-2)22-20-27)39(36(43)46-23-24-13-7-4-8-14-24)30(25-15-9-5-10-16-25)33(40)37-32(39)26-17-11-6-12-18-26/h4-22,29-32H,3,23H2,1-2H3/p+1. The Morgan fingerprint density at radius 2 is 1.37 bits per heavy atom. The fourth-order valence-electron chi connectivity index (χ4n) is 6.52. The Hall–Kier alpha value is -5.48. The van der Waals surface area contributed by atoms with E-state index in [0.29, 0.717) is 22.6 Å². The van der Waals surface area contributed by atoms with E-state index in [1.54, 1.807) is 85.8 Å². The molecule has 0 aliphatic carbocycles. The average molecular weight is 621 g/mol. The average Bonchev–Trinajstić information content (AvgIpc) is 3.40. The van der Waals surface area contributed by atoms with E-state index in [4.69, 9.17) is 14.2 Å². The molecule has 2 heterocycles. The van der Waals surface area contributed by atoms with E-state index < -0.39 is 52.7 Å². The van der Waals surface area contributed by atoms with Crippen molar-refractivity contribution < 1.29 is 37.9 Å². The first-order valence-electron chi connectivity index (χ1n) is 15.0. The van der Waals surface area contributed by atoms with Crippen LogP contribution >= 0.6 is 0 Å². The highest BCUT2D eigenvalue weighted by molar-refractivity contribution is 6.13. The molecule has 2 aliphatic heterocycles. The molecule has 0 bridgehead atoms. The van der Waals surface area contributed by atoms with Crippen LogP contribution in [0.1, 0.15) is 35.8 Å². The maximum Gasteiger partial charge on any atom is 0.520 e. The number of hydrogen-bond donors (Lipinski definition) is 1. The Morgan fingerprint density at radius 1 is 0.783 bits per heavy atom. The molecule has 1 N–H and O–H groups in total. The Kier molecular flexibility index (Phi) is 8.54. The number of methoxy groups -OCH3 is 1. The van der Waals surface area contributed by atoms with Crippen molar-refractivity contribution in [3.8, 4) is 5.75 Å². The summed E-state index contributed by atoms with van der Waals surface area (Å²) in [5.74, 6) is -1.14. The molecule has 5 unspecified atom stereocenters. The fourth-order valence-corrected chi connectivity index (χ4v) is 6.52. The van der Waals surface area contributed by atoms with Crippen LogP contribution in [0.2, 0.25) is 0 Å². The highest BCUT2D eigenvalue weighted by Gasteiger charge is 2.76. The molecule has 2 aliphatic rings. The number of anilines is 1. The van der Waals surface area contributed by atoms with Crippen molar-refractivity contribution in [2.24, 2.45) is 0 Å². The normalized spacial score (nSPS) is 23.7. The van der Waals surface area contributed by atoms with Gasteiger partial charge in [-0.15, -0.1) is 0 Å². The van der Waals surface area contributed by atoms with Crippen molar-refractivity contribution in [1.82, 2.24) is 5.32 Å². The molecule has 2 fully saturated rings. The predicted octanol–water partition coefficient (Wildman–Crippen LogP) is 5.07. The van der Waals surface area contributed by atoms with E-state index in [1.807, 2.05) is 36.4 Å². The second-order valence-electron chi connectivity index (χ2n) is 11.1. The van der Waals surface area contributed by atoms with Gasteiger partial charge < -0.3 is 14.2 Å². The number of nitrogens with one attached hydrogen (secondary N) is 1. The number of quaternary nitrogens is 1. The number of nitrogens with zero attached hydrogens (tertiary/aromatic N) is 2. The van der Waals surface area contributed by atoms with Crippen molar-refractivity contribution >= 4 is 29.6 Å². The molecule has 0 radical (unpaired) electrons. The summed E-state index contributed by atoms with van der Waals surface area (Å²) in [4.78, 5) is 58.8. The molecular formula is C36H34N3O7+. The van der Waals surface area contributed by atoms with Gasteiger partial charge in [0.25, 0.3) is 11.8 Å². The van der Waals surface area contributed by atoms with E-state index in [-0.39, 0.29) is 13.2 Å². The highest BCUT2D eigenvalue weighted by atomic mass is 16.6. The Bertz CT molecular complexity index is 1720. The lowest BCUT2D eigenvalue weighted by molar-refractivity contribution is -0.919. The molecule has 3 amide bonds. The number of carbonyl (C=O) groups is 4. The summed E-state index contributed by atoms with van der Waals surface area (Å²) >= 11 is 0. The van der Waals surface area contributed by atoms with E-state index in [2.05, 4.69) is 5.32 Å². The van der Waals surface area contributed by atoms with Crippen LogP contribution in [-0.4, -0.2) is 54.2 Å². The first kappa shape index (κ1) is 30.5. The van der Waals surface area contributed by atoms with Crippen molar-refractivity contribution in [2.45, 2.75) is 37.8 Å². The second kappa shape index (κ2) is 12.9. The number of hydrogen-bond acceptors (Lipinski definition) is 7. The van der Waals surface area contributed by atoms with Crippen LogP contribution in [0.25, 0.3) is 0 Å². The molecule has 10 heteroatoms. The van der Waals surface area contributed by atoms with Gasteiger partial charge in [-0.2, -0.15) is 9.28 Å². The van der Waals surface area contributed by atoms with E-state index in [1.165, 1.54) is 12.0 Å². The number of carbonyl (C=O) groups excluding carboxylic acids is 4. The molecule has 5 atom stereocenters. The summed E-state index contributed by atoms with van der Waals surface area (Å²) in [5.41, 5.74) is 2.21. The maximum atomic E-state index is 14.9. The lowest BCUT2D eigenvalue weighted by Gasteiger charge is -2.53. The third-order valence-corrected chi connectivity index (χ3v) is 8.54. The SMILES string of the molecule is CCOC(=O)C1C([N+]2(C(=O)OCc3ccccc3)C(c3ccccc3)NC(=O)C2c2ccccc2)C(=O)N1c1ccc(OC)cc1. The summed E-state index contributed by atoms with van der Waals surface area (Å²) in [6.07, 6.45) is -1.89. The minimum atomic E-state index is -1.38. The molecule has 2 saturated heterocycles. The van der Waals surface area contributed by atoms with Gasteiger partial charge in [-0.25, -0.2) is 4.79 Å². The van der Waals surface area contributed by atoms with Crippen molar-refractivity contribution in [1.29, 1.82) is 0 Å². The van der Waals surface area contributed by atoms with E-state index in [9.17, 15) is 19.2 Å². The monoisotopic (exact) mass is 620 g/mol. The van der Waals surface area contributed by atoms with Crippen molar-refractivity contribution in [3.05, 3.63) is 132 Å². The molecule has 6 rings (SSSR count). The molecule has 234 valence electrons. The number of β-lactam (4-membered cyclic amide) rings is 1. The van der Waals surface area contributed by atoms with Gasteiger partial charge in [0.1, 0.15) is 12.4 Å². The molecule has 4 aromatic rings. The van der Waals surface area contributed by atoms with Gasteiger partial charge in [0.2, 0.25) is 18.2 Å². The topological polar surface area (TPSA) is 111 Å². The third-order valence-electron chi connectivity index (χ3n) is 8.54. The van der Waals surface area contributed by atoms with Gasteiger partial charge in [0.05, 0.1) is 13.7 Å². The fraction of sp³-hybridized carbons (Fsp3) is 0.222. The first-order valence-corrected chi connectivity index (χ1v) is 15.0. The Balaban J connectivity index is 1.56. The zero-order valence-corrected chi connectivity index (χ0v) is 25.4. The van der Waals surface area contributed by atoms with Crippen LogP contribution in [0.3, 0.4) is 0 Å². The minimum absolute atomic E-state index is 0.0482. The second-order valence-corrected chi connectivity index (χ2v) is 11.1. The highest BCUT2D eigenvalue weighted by Crippen LogP contribution is 2.52. The zero-order valence-electron chi connectivity index (χ0n) is 25.4. The van der Waals surface area contributed by atoms with Gasteiger partial charge in [0, 0.05) is 16.8 Å². The summed E-state index contributed by atoms with van der Waals surface area (Å²) < 4.78 is 16.0. The molecule has 10 nitrogen and oxygen atoms in total. The Labute approximate surface area is 266 Å². The smallest absolute Gasteiger partial charge is 0.497 e. The van der Waals surface area contributed by atoms with E-state index >= 15 is 0 Å². The number of rotatable bonds is 9. The van der Waals surface area contributed by atoms with Crippen LogP contribution in [-0.2, 0) is 30.5 Å². The molecule has 46 heavy (non-hydrogen) atoms.